The Morgan fingerprint density at radius 2 is 1.80 bits per heavy atom. The van der Waals surface area contributed by atoms with Gasteiger partial charge < -0.3 is 15.5 Å². The van der Waals surface area contributed by atoms with E-state index in [9.17, 15) is 9.59 Å². The number of fused-ring (bicyclic) bond motifs is 1. The molecule has 0 saturated carbocycles. The van der Waals surface area contributed by atoms with Crippen molar-refractivity contribution < 1.29 is 14.0 Å². The summed E-state index contributed by atoms with van der Waals surface area (Å²) in [5.74, 6) is -0.183. The number of rotatable bonds is 6. The maximum absolute atomic E-state index is 12.9. The van der Waals surface area contributed by atoms with Crippen molar-refractivity contribution in [3.8, 4) is 0 Å². The maximum atomic E-state index is 12.9. The minimum atomic E-state index is -0.494. The molecule has 30 heavy (non-hydrogen) atoms. The summed E-state index contributed by atoms with van der Waals surface area (Å²) >= 11 is 1.44. The molecule has 0 radical (unpaired) electrons. The van der Waals surface area contributed by atoms with Crippen molar-refractivity contribution in [2.75, 3.05) is 5.32 Å². The minimum absolute atomic E-state index is 0.227. The van der Waals surface area contributed by atoms with E-state index in [0.29, 0.717) is 33.4 Å². The normalized spacial score (nSPS) is 10.8. The summed E-state index contributed by atoms with van der Waals surface area (Å²) in [4.78, 5) is 28.7. The molecule has 3 N–H and O–H groups in total. The lowest BCUT2D eigenvalue weighted by Crippen LogP contribution is -2.16. The number of thioether (sulfide) groups is 1. The SMILES string of the molecule is Cc1cc(NC(=O)c2ccccc2CSc2nc3ccccc3o2)ccc1C(N)=O. The second-order valence-electron chi connectivity index (χ2n) is 6.74. The number of amides is 2. The van der Waals surface area contributed by atoms with E-state index in [-0.39, 0.29) is 5.91 Å². The third-order valence-corrected chi connectivity index (χ3v) is 5.51. The largest absolute Gasteiger partial charge is 0.431 e. The molecule has 7 heteroatoms. The van der Waals surface area contributed by atoms with Gasteiger partial charge in [-0.3, -0.25) is 9.59 Å². The molecule has 4 aromatic rings. The summed E-state index contributed by atoms with van der Waals surface area (Å²) in [5, 5.41) is 3.45. The van der Waals surface area contributed by atoms with Crippen molar-refractivity contribution in [3.05, 3.63) is 89.0 Å². The van der Waals surface area contributed by atoms with Crippen LogP contribution in [-0.4, -0.2) is 16.8 Å². The Balaban J connectivity index is 1.50. The van der Waals surface area contributed by atoms with Crippen molar-refractivity contribution in [1.29, 1.82) is 0 Å². The van der Waals surface area contributed by atoms with Crippen LogP contribution in [0, 0.1) is 6.92 Å². The topological polar surface area (TPSA) is 98.2 Å². The minimum Gasteiger partial charge on any atom is -0.431 e. The predicted molar refractivity (Wildman–Crippen MR) is 118 cm³/mol. The van der Waals surface area contributed by atoms with Crippen molar-refractivity contribution in [3.63, 3.8) is 0 Å². The fourth-order valence-electron chi connectivity index (χ4n) is 3.14. The number of para-hydroxylation sites is 2. The van der Waals surface area contributed by atoms with Crippen LogP contribution in [0.4, 0.5) is 5.69 Å². The van der Waals surface area contributed by atoms with Gasteiger partial charge in [-0.2, -0.15) is 0 Å². The number of nitrogens with zero attached hydrogens (tertiary/aromatic N) is 1. The van der Waals surface area contributed by atoms with Crippen molar-refractivity contribution >= 4 is 40.4 Å². The average Bonchev–Trinajstić information content (AvgIpc) is 3.15. The lowest BCUT2D eigenvalue weighted by molar-refractivity contribution is 0.0997. The van der Waals surface area contributed by atoms with Crippen LogP contribution >= 0.6 is 11.8 Å². The molecule has 1 aromatic heterocycles. The molecule has 0 aliphatic heterocycles. The van der Waals surface area contributed by atoms with E-state index in [2.05, 4.69) is 10.3 Å². The fourth-order valence-corrected chi connectivity index (χ4v) is 3.98. The summed E-state index contributed by atoms with van der Waals surface area (Å²) < 4.78 is 5.74. The number of aryl methyl sites for hydroxylation is 1. The maximum Gasteiger partial charge on any atom is 0.257 e. The Hall–Kier alpha value is -3.58. The van der Waals surface area contributed by atoms with Crippen LogP contribution in [0.1, 0.15) is 31.8 Å². The number of hydrogen-bond acceptors (Lipinski definition) is 5. The van der Waals surface area contributed by atoms with Gasteiger partial charge in [0, 0.05) is 22.6 Å². The van der Waals surface area contributed by atoms with Gasteiger partial charge in [0.1, 0.15) is 5.52 Å². The number of hydrogen-bond donors (Lipinski definition) is 2. The van der Waals surface area contributed by atoms with Crippen LogP contribution in [0.15, 0.2) is 76.4 Å². The Morgan fingerprint density at radius 1 is 1.03 bits per heavy atom. The molecule has 0 saturated heterocycles. The number of aromatic nitrogens is 1. The first-order chi connectivity index (χ1) is 14.5. The summed E-state index contributed by atoms with van der Waals surface area (Å²) in [6.45, 7) is 1.78. The molecule has 0 aliphatic carbocycles. The van der Waals surface area contributed by atoms with Gasteiger partial charge in [-0.1, -0.05) is 42.1 Å². The highest BCUT2D eigenvalue weighted by atomic mass is 32.2. The van der Waals surface area contributed by atoms with Gasteiger partial charge in [0.05, 0.1) is 0 Å². The first kappa shape index (κ1) is 19.7. The molecule has 1 heterocycles. The van der Waals surface area contributed by atoms with Gasteiger partial charge in [0.15, 0.2) is 5.58 Å². The van der Waals surface area contributed by atoms with Crippen molar-refractivity contribution in [2.24, 2.45) is 5.73 Å². The highest BCUT2D eigenvalue weighted by Gasteiger charge is 2.14. The van der Waals surface area contributed by atoms with E-state index < -0.39 is 5.91 Å². The highest BCUT2D eigenvalue weighted by molar-refractivity contribution is 7.98. The number of nitrogens with two attached hydrogens (primary N) is 1. The van der Waals surface area contributed by atoms with Crippen LogP contribution in [-0.2, 0) is 5.75 Å². The summed E-state index contributed by atoms with van der Waals surface area (Å²) in [6.07, 6.45) is 0. The van der Waals surface area contributed by atoms with E-state index in [1.807, 2.05) is 42.5 Å². The molecule has 150 valence electrons. The molecule has 2 amide bonds. The van der Waals surface area contributed by atoms with Crippen molar-refractivity contribution in [2.45, 2.75) is 17.9 Å². The van der Waals surface area contributed by atoms with Gasteiger partial charge in [-0.25, -0.2) is 4.98 Å². The van der Waals surface area contributed by atoms with Gasteiger partial charge >= 0.3 is 0 Å². The first-order valence-electron chi connectivity index (χ1n) is 9.29. The lowest BCUT2D eigenvalue weighted by atomic mass is 10.1. The Labute approximate surface area is 177 Å². The number of carbonyl (C=O) groups excluding carboxylic acids is 2. The standard InChI is InChI=1S/C23H19N3O3S/c1-14-12-16(10-11-17(14)21(24)27)25-22(28)18-7-3-2-6-15(18)13-30-23-26-19-8-4-5-9-20(19)29-23/h2-12H,13H2,1H3,(H2,24,27)(H,25,28). The second-order valence-corrected chi connectivity index (χ2v) is 7.67. The van der Waals surface area contributed by atoms with Crippen LogP contribution < -0.4 is 11.1 Å². The fraction of sp³-hybridized carbons (Fsp3) is 0.0870. The third kappa shape index (κ3) is 4.21. The number of benzene rings is 3. The molecule has 0 atom stereocenters. The molecule has 0 spiro atoms. The van der Waals surface area contributed by atoms with E-state index in [1.165, 1.54) is 11.8 Å². The van der Waals surface area contributed by atoms with Crippen LogP contribution in [0.25, 0.3) is 11.1 Å². The lowest BCUT2D eigenvalue weighted by Gasteiger charge is -2.11. The second kappa shape index (κ2) is 8.42. The van der Waals surface area contributed by atoms with E-state index in [1.54, 1.807) is 31.2 Å². The molecular formula is C23H19N3O3S. The zero-order valence-electron chi connectivity index (χ0n) is 16.2. The quantitative estimate of drug-likeness (QED) is 0.440. The summed E-state index contributed by atoms with van der Waals surface area (Å²) in [5.41, 5.74) is 10.1. The first-order valence-corrected chi connectivity index (χ1v) is 10.3. The number of anilines is 1. The van der Waals surface area contributed by atoms with Gasteiger partial charge in [0.2, 0.25) is 5.91 Å². The number of oxazole rings is 1. The predicted octanol–water partition coefficient (Wildman–Crippen LogP) is 4.78. The molecule has 0 fully saturated rings. The Morgan fingerprint density at radius 3 is 2.57 bits per heavy atom. The van der Waals surface area contributed by atoms with E-state index in [0.717, 1.165) is 16.7 Å². The number of nitrogens with one attached hydrogen (secondary N) is 1. The van der Waals surface area contributed by atoms with Gasteiger partial charge in [-0.15, -0.1) is 0 Å². The molecule has 0 unspecified atom stereocenters. The zero-order chi connectivity index (χ0) is 21.1. The summed E-state index contributed by atoms with van der Waals surface area (Å²) in [6, 6.07) is 20.0. The smallest absolute Gasteiger partial charge is 0.257 e. The monoisotopic (exact) mass is 417 g/mol. The molecule has 4 rings (SSSR count). The number of carbonyl (C=O) groups is 2. The molecule has 0 bridgehead atoms. The average molecular weight is 417 g/mol. The zero-order valence-corrected chi connectivity index (χ0v) is 17.0. The van der Waals surface area contributed by atoms with Crippen LogP contribution in [0.3, 0.4) is 0 Å². The molecule has 3 aromatic carbocycles. The van der Waals surface area contributed by atoms with Gasteiger partial charge in [0.25, 0.3) is 11.1 Å². The van der Waals surface area contributed by atoms with Crippen molar-refractivity contribution in [1.82, 2.24) is 4.98 Å². The van der Waals surface area contributed by atoms with Crippen LogP contribution in [0.5, 0.6) is 0 Å². The van der Waals surface area contributed by atoms with E-state index in [4.69, 9.17) is 10.2 Å². The van der Waals surface area contributed by atoms with E-state index >= 15 is 0 Å². The van der Waals surface area contributed by atoms with Gasteiger partial charge in [-0.05, 0) is 54.4 Å². The summed E-state index contributed by atoms with van der Waals surface area (Å²) in [7, 11) is 0. The molecule has 0 aliphatic rings. The molecule has 6 nitrogen and oxygen atoms in total. The van der Waals surface area contributed by atoms with Crippen LogP contribution in [0.2, 0.25) is 0 Å². The Kier molecular flexibility index (Phi) is 5.54. The molecular weight excluding hydrogens is 398 g/mol. The highest BCUT2D eigenvalue weighted by Crippen LogP contribution is 2.27. The Bertz CT molecular complexity index is 1220. The number of primary amides is 1. The third-order valence-electron chi connectivity index (χ3n) is 4.64.